The molecule has 0 spiro atoms. The quantitative estimate of drug-likeness (QED) is 0.866. The number of ether oxygens (including phenoxy) is 1. The summed E-state index contributed by atoms with van der Waals surface area (Å²) in [6.07, 6.45) is 5.04. The van der Waals surface area contributed by atoms with E-state index >= 15 is 0 Å². The zero-order valence-electron chi connectivity index (χ0n) is 12.7. The summed E-state index contributed by atoms with van der Waals surface area (Å²) < 4.78 is 5.54. The first-order chi connectivity index (χ1) is 9.08. The summed E-state index contributed by atoms with van der Waals surface area (Å²) in [6, 6.07) is 0.493. The largest absolute Gasteiger partial charge is 0.377 e. The highest BCUT2D eigenvalue weighted by molar-refractivity contribution is 5.85. The molecule has 5 heteroatoms. The van der Waals surface area contributed by atoms with Crippen LogP contribution < -0.4 is 5.73 Å². The molecule has 1 heterocycles. The van der Waals surface area contributed by atoms with Gasteiger partial charge in [0.05, 0.1) is 19.3 Å². The molecular formula is C15H29ClN2O2. The van der Waals surface area contributed by atoms with Gasteiger partial charge in [0.15, 0.2) is 0 Å². The molecule has 2 N–H and O–H groups in total. The van der Waals surface area contributed by atoms with Crippen LogP contribution >= 0.6 is 12.4 Å². The number of morpholine rings is 1. The normalized spacial score (nSPS) is 30.4. The zero-order valence-corrected chi connectivity index (χ0v) is 13.5. The Morgan fingerprint density at radius 3 is 2.75 bits per heavy atom. The van der Waals surface area contributed by atoms with Crippen LogP contribution in [0.1, 0.15) is 46.0 Å². The Labute approximate surface area is 128 Å². The van der Waals surface area contributed by atoms with Gasteiger partial charge in [-0.05, 0) is 31.1 Å². The van der Waals surface area contributed by atoms with Crippen molar-refractivity contribution in [1.82, 2.24) is 4.90 Å². The summed E-state index contributed by atoms with van der Waals surface area (Å²) in [6.45, 7) is 6.52. The molecule has 2 fully saturated rings. The molecule has 2 rings (SSSR count). The molecule has 1 amide bonds. The van der Waals surface area contributed by atoms with E-state index in [1.807, 2.05) is 0 Å². The van der Waals surface area contributed by atoms with Gasteiger partial charge in [-0.25, -0.2) is 0 Å². The van der Waals surface area contributed by atoms with Crippen LogP contribution in [-0.4, -0.2) is 42.6 Å². The first kappa shape index (κ1) is 17.7. The van der Waals surface area contributed by atoms with Gasteiger partial charge in [-0.1, -0.05) is 20.3 Å². The fraction of sp³-hybridized carbons (Fsp3) is 0.933. The lowest BCUT2D eigenvalue weighted by Gasteiger charge is -2.37. The molecule has 118 valence electrons. The van der Waals surface area contributed by atoms with E-state index in [-0.39, 0.29) is 30.4 Å². The Morgan fingerprint density at radius 1 is 1.40 bits per heavy atom. The maximum atomic E-state index is 12.5. The van der Waals surface area contributed by atoms with Gasteiger partial charge < -0.3 is 15.4 Å². The minimum absolute atomic E-state index is 0. The lowest BCUT2D eigenvalue weighted by atomic mass is 9.97. The summed E-state index contributed by atoms with van der Waals surface area (Å²) in [4.78, 5) is 14.6. The molecule has 4 nitrogen and oxygen atoms in total. The minimum atomic E-state index is 0. The molecule has 0 bridgehead atoms. The van der Waals surface area contributed by atoms with Crippen molar-refractivity contribution in [3.8, 4) is 0 Å². The van der Waals surface area contributed by atoms with Gasteiger partial charge in [0, 0.05) is 19.0 Å². The van der Waals surface area contributed by atoms with Gasteiger partial charge in [-0.3, -0.25) is 4.79 Å². The van der Waals surface area contributed by atoms with E-state index in [4.69, 9.17) is 10.5 Å². The van der Waals surface area contributed by atoms with E-state index in [0.717, 1.165) is 25.8 Å². The maximum absolute atomic E-state index is 12.5. The number of carbonyl (C=O) groups is 1. The third kappa shape index (κ3) is 4.61. The van der Waals surface area contributed by atoms with Gasteiger partial charge in [0.25, 0.3) is 0 Å². The third-order valence-electron chi connectivity index (χ3n) is 4.45. The molecule has 1 aliphatic heterocycles. The van der Waals surface area contributed by atoms with Crippen molar-refractivity contribution in [2.75, 3.05) is 19.8 Å². The predicted octanol–water partition coefficient (Wildman–Crippen LogP) is 2.20. The van der Waals surface area contributed by atoms with E-state index < -0.39 is 0 Å². The van der Waals surface area contributed by atoms with E-state index in [9.17, 15) is 4.79 Å². The highest BCUT2D eigenvalue weighted by Gasteiger charge is 2.32. The van der Waals surface area contributed by atoms with Crippen LogP contribution in [0.4, 0.5) is 0 Å². The fourth-order valence-electron chi connectivity index (χ4n) is 3.38. The molecule has 0 aromatic rings. The average Bonchev–Trinajstić information content (AvgIpc) is 2.75. The molecule has 1 saturated carbocycles. The Bertz CT molecular complexity index is 312. The van der Waals surface area contributed by atoms with E-state index in [2.05, 4.69) is 18.7 Å². The van der Waals surface area contributed by atoms with Crippen molar-refractivity contribution >= 4 is 18.3 Å². The smallest absolute Gasteiger partial charge is 0.223 e. The van der Waals surface area contributed by atoms with Crippen molar-refractivity contribution in [2.24, 2.45) is 17.6 Å². The maximum Gasteiger partial charge on any atom is 0.223 e. The lowest BCUT2D eigenvalue weighted by Crippen LogP contribution is -2.50. The van der Waals surface area contributed by atoms with Crippen molar-refractivity contribution in [2.45, 2.75) is 58.0 Å². The first-order valence-electron chi connectivity index (χ1n) is 7.70. The second kappa shape index (κ2) is 8.20. The second-order valence-electron chi connectivity index (χ2n) is 6.50. The van der Waals surface area contributed by atoms with Crippen molar-refractivity contribution in [3.63, 3.8) is 0 Å². The average molecular weight is 305 g/mol. The number of nitrogens with zero attached hydrogens (tertiary/aromatic N) is 1. The first-order valence-corrected chi connectivity index (χ1v) is 7.70. The van der Waals surface area contributed by atoms with Crippen LogP contribution in [0.2, 0.25) is 0 Å². The van der Waals surface area contributed by atoms with Crippen LogP contribution in [0.3, 0.4) is 0 Å². The predicted molar refractivity (Wildman–Crippen MR) is 83.0 cm³/mol. The van der Waals surface area contributed by atoms with E-state index in [1.54, 1.807) is 0 Å². The number of halogens is 1. The molecule has 0 aromatic carbocycles. The van der Waals surface area contributed by atoms with Gasteiger partial charge in [0.1, 0.15) is 0 Å². The minimum Gasteiger partial charge on any atom is -0.377 e. The topological polar surface area (TPSA) is 55.6 Å². The number of amides is 1. The number of hydrogen-bond donors (Lipinski definition) is 1. The molecule has 1 saturated heterocycles. The summed E-state index contributed by atoms with van der Waals surface area (Å²) >= 11 is 0. The van der Waals surface area contributed by atoms with Gasteiger partial charge in [-0.2, -0.15) is 0 Å². The molecule has 20 heavy (non-hydrogen) atoms. The highest BCUT2D eigenvalue weighted by atomic mass is 35.5. The lowest BCUT2D eigenvalue weighted by molar-refractivity contribution is -0.141. The number of hydrogen-bond acceptors (Lipinski definition) is 3. The Kier molecular flexibility index (Phi) is 7.27. The third-order valence-corrected chi connectivity index (χ3v) is 4.45. The molecule has 3 atom stereocenters. The van der Waals surface area contributed by atoms with Gasteiger partial charge >= 0.3 is 0 Å². The molecule has 2 aliphatic rings. The molecular weight excluding hydrogens is 276 g/mol. The summed E-state index contributed by atoms with van der Waals surface area (Å²) in [7, 11) is 0. The molecule has 1 aliphatic carbocycles. The Morgan fingerprint density at radius 2 is 2.15 bits per heavy atom. The van der Waals surface area contributed by atoms with Crippen molar-refractivity contribution in [3.05, 3.63) is 0 Å². The van der Waals surface area contributed by atoms with Gasteiger partial charge in [0.2, 0.25) is 5.91 Å². The molecule has 1 unspecified atom stereocenters. The standard InChI is InChI=1S/C15H28N2O2.ClH/c1-11(2)8-13-10-19-7-6-17(13)15(18)9-12-4-3-5-14(12)16;/h11-14H,3-10,16H2,1-2H3;1H/t12-,13?,14+;/m0./s1. The fourth-order valence-corrected chi connectivity index (χ4v) is 3.38. The van der Waals surface area contributed by atoms with Crippen LogP contribution in [0.25, 0.3) is 0 Å². The van der Waals surface area contributed by atoms with Crippen LogP contribution in [-0.2, 0) is 9.53 Å². The molecule has 0 radical (unpaired) electrons. The highest BCUT2D eigenvalue weighted by Crippen LogP contribution is 2.28. The van der Waals surface area contributed by atoms with Gasteiger partial charge in [-0.15, -0.1) is 12.4 Å². The van der Waals surface area contributed by atoms with Crippen molar-refractivity contribution < 1.29 is 9.53 Å². The number of nitrogens with two attached hydrogens (primary N) is 1. The van der Waals surface area contributed by atoms with E-state index in [1.165, 1.54) is 6.42 Å². The van der Waals surface area contributed by atoms with Crippen molar-refractivity contribution in [1.29, 1.82) is 0 Å². The summed E-state index contributed by atoms with van der Waals surface area (Å²) in [5.41, 5.74) is 6.08. The Balaban J connectivity index is 0.00000200. The van der Waals surface area contributed by atoms with Crippen LogP contribution in [0.15, 0.2) is 0 Å². The van der Waals surface area contributed by atoms with Crippen LogP contribution in [0, 0.1) is 11.8 Å². The SMILES string of the molecule is CC(C)CC1COCCN1C(=O)C[C@@H]1CCC[C@H]1N.Cl. The second-order valence-corrected chi connectivity index (χ2v) is 6.50. The zero-order chi connectivity index (χ0) is 13.8. The molecule has 0 aromatic heterocycles. The monoisotopic (exact) mass is 304 g/mol. The summed E-state index contributed by atoms with van der Waals surface area (Å²) in [5.74, 6) is 1.28. The Hall–Kier alpha value is -0.320. The number of rotatable bonds is 4. The van der Waals surface area contributed by atoms with Crippen LogP contribution in [0.5, 0.6) is 0 Å². The number of carbonyl (C=O) groups excluding carboxylic acids is 1. The summed E-state index contributed by atoms with van der Waals surface area (Å²) in [5, 5.41) is 0. The van der Waals surface area contributed by atoms with E-state index in [0.29, 0.717) is 31.5 Å².